The lowest BCUT2D eigenvalue weighted by atomic mass is 9.93. The van der Waals surface area contributed by atoms with Crippen LogP contribution in [0.5, 0.6) is 0 Å². The zero-order valence-corrected chi connectivity index (χ0v) is 13.2. The van der Waals surface area contributed by atoms with Crippen LogP contribution in [-0.4, -0.2) is 21.7 Å². The SMILES string of the molecule is CC1C(=O)C(=O)N(c2ccc3nc[nH]c3c2)C1c1c(F)cccc1F. The molecule has 2 atom stereocenters. The zero-order valence-electron chi connectivity index (χ0n) is 13.2. The predicted molar refractivity (Wildman–Crippen MR) is 86.8 cm³/mol. The van der Waals surface area contributed by atoms with E-state index in [0.717, 1.165) is 17.0 Å². The smallest absolute Gasteiger partial charge is 0.295 e. The second-order valence-electron chi connectivity index (χ2n) is 6.01. The number of halogens is 2. The van der Waals surface area contributed by atoms with Crippen LogP contribution in [0, 0.1) is 17.6 Å². The molecule has 1 saturated heterocycles. The molecule has 4 rings (SSSR count). The van der Waals surface area contributed by atoms with Gasteiger partial charge in [-0.1, -0.05) is 13.0 Å². The Balaban J connectivity index is 1.91. The van der Waals surface area contributed by atoms with Crippen molar-refractivity contribution in [2.45, 2.75) is 13.0 Å². The highest BCUT2D eigenvalue weighted by molar-refractivity contribution is 6.44. The number of aromatic amines is 1. The number of H-pyrrole nitrogens is 1. The summed E-state index contributed by atoms with van der Waals surface area (Å²) >= 11 is 0. The molecule has 25 heavy (non-hydrogen) atoms. The Hall–Kier alpha value is -3.09. The Morgan fingerprint density at radius 3 is 2.56 bits per heavy atom. The first-order valence-electron chi connectivity index (χ1n) is 7.73. The molecule has 126 valence electrons. The van der Waals surface area contributed by atoms with Crippen molar-refractivity contribution in [1.82, 2.24) is 9.97 Å². The van der Waals surface area contributed by atoms with Crippen molar-refractivity contribution in [2.24, 2.45) is 5.92 Å². The first kappa shape index (κ1) is 15.4. The molecule has 1 amide bonds. The van der Waals surface area contributed by atoms with Crippen LogP contribution in [0.3, 0.4) is 0 Å². The van der Waals surface area contributed by atoms with Crippen LogP contribution >= 0.6 is 0 Å². The number of imidazole rings is 1. The molecule has 2 unspecified atom stereocenters. The van der Waals surface area contributed by atoms with Crippen LogP contribution in [0.15, 0.2) is 42.7 Å². The van der Waals surface area contributed by atoms with Gasteiger partial charge >= 0.3 is 0 Å². The highest BCUT2D eigenvalue weighted by atomic mass is 19.1. The lowest BCUT2D eigenvalue weighted by molar-refractivity contribution is -0.135. The summed E-state index contributed by atoms with van der Waals surface area (Å²) in [5.74, 6) is -3.88. The molecule has 0 saturated carbocycles. The van der Waals surface area contributed by atoms with Crippen molar-refractivity contribution in [3.63, 3.8) is 0 Å². The Morgan fingerprint density at radius 2 is 1.84 bits per heavy atom. The predicted octanol–water partition coefficient (Wildman–Crippen LogP) is 3.13. The van der Waals surface area contributed by atoms with Crippen LogP contribution in [0.2, 0.25) is 0 Å². The molecule has 1 aliphatic rings. The van der Waals surface area contributed by atoms with Gasteiger partial charge in [-0.2, -0.15) is 0 Å². The molecule has 2 aromatic carbocycles. The average molecular weight is 341 g/mol. The summed E-state index contributed by atoms with van der Waals surface area (Å²) in [4.78, 5) is 32.9. The van der Waals surface area contributed by atoms with Gasteiger partial charge in [0.05, 0.1) is 23.4 Å². The fraction of sp³-hybridized carbons (Fsp3) is 0.167. The van der Waals surface area contributed by atoms with Gasteiger partial charge in [-0.25, -0.2) is 13.8 Å². The molecule has 5 nitrogen and oxygen atoms in total. The molecule has 7 heteroatoms. The van der Waals surface area contributed by atoms with E-state index in [-0.39, 0.29) is 5.56 Å². The summed E-state index contributed by atoms with van der Waals surface area (Å²) in [5, 5.41) is 0. The number of aromatic nitrogens is 2. The van der Waals surface area contributed by atoms with Gasteiger partial charge in [-0.05, 0) is 30.3 Å². The molecule has 1 N–H and O–H groups in total. The number of hydrogen-bond donors (Lipinski definition) is 1. The van der Waals surface area contributed by atoms with E-state index in [2.05, 4.69) is 9.97 Å². The average Bonchev–Trinajstić information content (AvgIpc) is 3.14. The monoisotopic (exact) mass is 341 g/mol. The van der Waals surface area contributed by atoms with E-state index in [4.69, 9.17) is 0 Å². The van der Waals surface area contributed by atoms with E-state index in [9.17, 15) is 18.4 Å². The van der Waals surface area contributed by atoms with E-state index in [1.54, 1.807) is 18.2 Å². The number of Topliss-reactive ketones (excluding diaryl/α,β-unsaturated/α-hetero) is 1. The number of fused-ring (bicyclic) bond motifs is 1. The molecule has 0 aliphatic carbocycles. The molecule has 0 bridgehead atoms. The number of amides is 1. The van der Waals surface area contributed by atoms with Gasteiger partial charge in [0.2, 0.25) is 5.78 Å². The van der Waals surface area contributed by atoms with Crippen molar-refractivity contribution in [3.05, 3.63) is 59.9 Å². The van der Waals surface area contributed by atoms with Gasteiger partial charge < -0.3 is 4.98 Å². The fourth-order valence-corrected chi connectivity index (χ4v) is 3.33. The number of ketones is 1. The van der Waals surface area contributed by atoms with E-state index in [1.807, 2.05) is 0 Å². The van der Waals surface area contributed by atoms with Crippen molar-refractivity contribution < 1.29 is 18.4 Å². The molecule has 0 radical (unpaired) electrons. The third-order valence-corrected chi connectivity index (χ3v) is 4.57. The topological polar surface area (TPSA) is 66.1 Å². The Bertz CT molecular complexity index is 994. The lowest BCUT2D eigenvalue weighted by Gasteiger charge is -2.27. The van der Waals surface area contributed by atoms with Crippen LogP contribution in [0.1, 0.15) is 18.5 Å². The third kappa shape index (κ3) is 2.23. The Morgan fingerprint density at radius 1 is 1.12 bits per heavy atom. The summed E-state index contributed by atoms with van der Waals surface area (Å²) in [7, 11) is 0. The van der Waals surface area contributed by atoms with Crippen LogP contribution in [-0.2, 0) is 9.59 Å². The number of nitrogens with zero attached hydrogens (tertiary/aromatic N) is 2. The number of hydrogen-bond acceptors (Lipinski definition) is 3. The molecule has 2 heterocycles. The zero-order chi connectivity index (χ0) is 17.7. The van der Waals surface area contributed by atoms with Crippen LogP contribution in [0.4, 0.5) is 14.5 Å². The summed E-state index contributed by atoms with van der Waals surface area (Å²) < 4.78 is 28.6. The standard InChI is InChI=1S/C18H13F2N3O2/c1-9-16(15-11(19)3-2-4-12(15)20)23(18(25)17(9)24)10-5-6-13-14(7-10)22-8-21-13/h2-9,16H,1H3,(H,21,22). The first-order valence-corrected chi connectivity index (χ1v) is 7.73. The van der Waals surface area contributed by atoms with E-state index in [1.165, 1.54) is 19.3 Å². The summed E-state index contributed by atoms with van der Waals surface area (Å²) in [6.45, 7) is 1.51. The molecule has 1 fully saturated rings. The highest BCUT2D eigenvalue weighted by Crippen LogP contribution is 2.41. The van der Waals surface area contributed by atoms with Gasteiger partial charge in [-0.3, -0.25) is 14.5 Å². The van der Waals surface area contributed by atoms with Crippen molar-refractivity contribution >= 4 is 28.4 Å². The normalized spacial score (nSPS) is 20.7. The van der Waals surface area contributed by atoms with Crippen molar-refractivity contribution in [2.75, 3.05) is 4.90 Å². The maximum atomic E-state index is 14.3. The number of benzene rings is 2. The number of nitrogens with one attached hydrogen (secondary N) is 1. The lowest BCUT2D eigenvalue weighted by Crippen LogP contribution is -2.30. The summed E-state index contributed by atoms with van der Waals surface area (Å²) in [5.41, 5.74) is 1.44. The Labute approximate surface area is 141 Å². The second kappa shape index (κ2) is 5.47. The molecular formula is C18H13F2N3O2. The molecular weight excluding hydrogens is 328 g/mol. The number of carbonyl (C=O) groups is 2. The van der Waals surface area contributed by atoms with Crippen LogP contribution < -0.4 is 4.90 Å². The molecule has 1 aliphatic heterocycles. The minimum absolute atomic E-state index is 0.279. The third-order valence-electron chi connectivity index (χ3n) is 4.57. The summed E-state index contributed by atoms with van der Waals surface area (Å²) in [6, 6.07) is 7.37. The second-order valence-corrected chi connectivity index (χ2v) is 6.01. The van der Waals surface area contributed by atoms with Gasteiger partial charge in [0.15, 0.2) is 0 Å². The van der Waals surface area contributed by atoms with Gasteiger partial charge in [0.1, 0.15) is 11.6 Å². The first-order chi connectivity index (χ1) is 12.0. The van der Waals surface area contributed by atoms with E-state index >= 15 is 0 Å². The van der Waals surface area contributed by atoms with E-state index in [0.29, 0.717) is 16.7 Å². The fourth-order valence-electron chi connectivity index (χ4n) is 3.33. The molecule has 0 spiro atoms. The highest BCUT2D eigenvalue weighted by Gasteiger charge is 2.48. The maximum Gasteiger partial charge on any atom is 0.295 e. The van der Waals surface area contributed by atoms with Crippen molar-refractivity contribution in [1.29, 1.82) is 0 Å². The minimum atomic E-state index is -1.04. The number of anilines is 1. The van der Waals surface area contributed by atoms with E-state index < -0.39 is 35.3 Å². The minimum Gasteiger partial charge on any atom is -0.345 e. The number of rotatable bonds is 2. The summed E-state index contributed by atoms with van der Waals surface area (Å²) in [6.07, 6.45) is 1.50. The maximum absolute atomic E-state index is 14.3. The largest absolute Gasteiger partial charge is 0.345 e. The van der Waals surface area contributed by atoms with Gasteiger partial charge in [-0.15, -0.1) is 0 Å². The number of carbonyl (C=O) groups excluding carboxylic acids is 2. The molecule has 1 aromatic heterocycles. The Kier molecular flexibility index (Phi) is 3.38. The van der Waals surface area contributed by atoms with Crippen LogP contribution in [0.25, 0.3) is 11.0 Å². The quantitative estimate of drug-likeness (QED) is 0.728. The molecule has 3 aromatic rings. The van der Waals surface area contributed by atoms with Gasteiger partial charge in [0, 0.05) is 17.2 Å². The van der Waals surface area contributed by atoms with Crippen molar-refractivity contribution in [3.8, 4) is 0 Å². The van der Waals surface area contributed by atoms with Gasteiger partial charge in [0.25, 0.3) is 5.91 Å².